The summed E-state index contributed by atoms with van der Waals surface area (Å²) in [4.78, 5) is 31.7. The Hall–Kier alpha value is -1.43. The molecule has 0 radical (unpaired) electrons. The van der Waals surface area contributed by atoms with Crippen molar-refractivity contribution in [2.24, 2.45) is 5.92 Å². The highest BCUT2D eigenvalue weighted by Gasteiger charge is 2.26. The number of benzene rings is 1. The molecule has 0 N–H and O–H groups in total. The minimum atomic E-state index is 0. The van der Waals surface area contributed by atoms with Crippen LogP contribution in [-0.4, -0.2) is 67.3 Å². The van der Waals surface area contributed by atoms with Crippen molar-refractivity contribution in [1.82, 2.24) is 9.80 Å². The van der Waals surface area contributed by atoms with Gasteiger partial charge in [0.25, 0.3) is 0 Å². The molecule has 5 nitrogen and oxygen atoms in total. The molecule has 0 spiro atoms. The van der Waals surface area contributed by atoms with Crippen LogP contribution in [0.15, 0.2) is 24.3 Å². The number of carbonyl (C=O) groups excluding carboxylic acids is 2. The van der Waals surface area contributed by atoms with Gasteiger partial charge in [0.1, 0.15) is 0 Å². The molecule has 0 saturated carbocycles. The predicted molar refractivity (Wildman–Crippen MR) is 117 cm³/mol. The average Bonchev–Trinajstić information content (AvgIpc) is 2.78. The Balaban J connectivity index is 0.00000280. The topological polar surface area (TPSA) is 43.9 Å². The fourth-order valence-electron chi connectivity index (χ4n) is 4.13. The van der Waals surface area contributed by atoms with Gasteiger partial charge in [0, 0.05) is 57.7 Å². The summed E-state index contributed by atoms with van der Waals surface area (Å²) in [5, 5.41) is 0. The van der Waals surface area contributed by atoms with E-state index in [0.29, 0.717) is 24.9 Å². The lowest BCUT2D eigenvalue weighted by molar-refractivity contribution is -0.118. The monoisotopic (exact) mass is 407 g/mol. The molecule has 6 heteroatoms. The van der Waals surface area contributed by atoms with Crippen LogP contribution in [0.3, 0.4) is 0 Å². The number of halogens is 1. The maximum Gasteiger partial charge on any atom is 0.227 e. The second-order valence-electron chi connectivity index (χ2n) is 8.23. The molecule has 0 atom stereocenters. The summed E-state index contributed by atoms with van der Waals surface area (Å²) in [7, 11) is 0. The Morgan fingerprint density at radius 1 is 0.893 bits per heavy atom. The zero-order valence-corrected chi connectivity index (χ0v) is 18.0. The van der Waals surface area contributed by atoms with Gasteiger partial charge in [-0.05, 0) is 37.4 Å². The number of unbranched alkanes of at least 4 members (excludes halogenated alkanes) is 1. The lowest BCUT2D eigenvalue weighted by atomic mass is 10.1. The van der Waals surface area contributed by atoms with Crippen LogP contribution in [0.5, 0.6) is 0 Å². The van der Waals surface area contributed by atoms with Crippen LogP contribution in [0.2, 0.25) is 0 Å². The van der Waals surface area contributed by atoms with Gasteiger partial charge in [-0.2, -0.15) is 0 Å². The first-order chi connectivity index (χ1) is 13.0. The van der Waals surface area contributed by atoms with Crippen molar-refractivity contribution in [3.05, 3.63) is 29.8 Å². The van der Waals surface area contributed by atoms with E-state index in [-0.39, 0.29) is 24.1 Å². The van der Waals surface area contributed by atoms with E-state index < -0.39 is 0 Å². The van der Waals surface area contributed by atoms with Gasteiger partial charge < -0.3 is 14.7 Å². The Morgan fingerprint density at radius 2 is 1.54 bits per heavy atom. The number of hydrogen-bond donors (Lipinski definition) is 0. The lowest BCUT2D eigenvalue weighted by Crippen LogP contribution is -2.47. The van der Waals surface area contributed by atoms with Gasteiger partial charge in [-0.15, -0.1) is 12.4 Å². The number of para-hydroxylation sites is 1. The summed E-state index contributed by atoms with van der Waals surface area (Å²) < 4.78 is 0. The van der Waals surface area contributed by atoms with Crippen LogP contribution in [0.4, 0.5) is 5.69 Å². The molecule has 3 rings (SSSR count). The molecule has 1 saturated heterocycles. The molecule has 156 valence electrons. The van der Waals surface area contributed by atoms with Crippen LogP contribution >= 0.6 is 12.4 Å². The molecule has 0 unspecified atom stereocenters. The molecule has 0 bridgehead atoms. The number of amides is 1. The van der Waals surface area contributed by atoms with Gasteiger partial charge in [0.05, 0.1) is 5.69 Å². The molecule has 1 aromatic carbocycles. The van der Waals surface area contributed by atoms with Crippen LogP contribution in [0, 0.1) is 5.92 Å². The van der Waals surface area contributed by atoms with Crippen molar-refractivity contribution in [3.63, 3.8) is 0 Å². The number of fused-ring (bicyclic) bond motifs is 1. The van der Waals surface area contributed by atoms with Crippen molar-refractivity contribution >= 4 is 29.8 Å². The smallest absolute Gasteiger partial charge is 0.227 e. The molecular weight excluding hydrogens is 374 g/mol. The van der Waals surface area contributed by atoms with E-state index in [1.54, 1.807) is 0 Å². The largest absolute Gasteiger partial charge is 0.312 e. The van der Waals surface area contributed by atoms with E-state index in [4.69, 9.17) is 0 Å². The second-order valence-corrected chi connectivity index (χ2v) is 8.23. The quantitative estimate of drug-likeness (QED) is 0.649. The van der Waals surface area contributed by atoms with Crippen molar-refractivity contribution in [2.75, 3.05) is 50.7 Å². The Morgan fingerprint density at radius 3 is 2.25 bits per heavy atom. The summed E-state index contributed by atoms with van der Waals surface area (Å²) in [5.74, 6) is 0.897. The number of piperazine rings is 1. The van der Waals surface area contributed by atoms with Gasteiger partial charge in [-0.3, -0.25) is 9.59 Å². The zero-order valence-electron chi connectivity index (χ0n) is 17.2. The minimum absolute atomic E-state index is 0. The molecule has 1 fully saturated rings. The maximum atomic E-state index is 12.5. The van der Waals surface area contributed by atoms with Gasteiger partial charge in [-0.1, -0.05) is 26.0 Å². The SMILES string of the molecule is CC(C)CN1CCN(CCCCN2C(=O)CCC(=O)c3ccccc32)CC1.Cl. The molecule has 1 aromatic rings. The first-order valence-corrected chi connectivity index (χ1v) is 10.4. The van der Waals surface area contributed by atoms with Crippen LogP contribution < -0.4 is 4.90 Å². The fraction of sp³-hybridized carbons (Fsp3) is 0.636. The van der Waals surface area contributed by atoms with E-state index in [9.17, 15) is 9.59 Å². The van der Waals surface area contributed by atoms with Gasteiger partial charge in [0.2, 0.25) is 5.91 Å². The minimum Gasteiger partial charge on any atom is -0.312 e. The predicted octanol–water partition coefficient (Wildman–Crippen LogP) is 3.47. The van der Waals surface area contributed by atoms with Crippen LogP contribution in [0.1, 0.15) is 49.9 Å². The van der Waals surface area contributed by atoms with Gasteiger partial charge >= 0.3 is 0 Å². The highest BCUT2D eigenvalue weighted by molar-refractivity contribution is 6.10. The maximum absolute atomic E-state index is 12.5. The standard InChI is InChI=1S/C22H33N3O2.ClH/c1-18(2)17-24-15-13-23(14-16-24)11-5-6-12-25-20-8-4-3-7-19(20)21(26)9-10-22(25)27;/h3-4,7-8,18H,5-6,9-17H2,1-2H3;1H. The third kappa shape index (κ3) is 6.03. The summed E-state index contributed by atoms with van der Waals surface area (Å²) in [6, 6.07) is 7.54. The number of carbonyl (C=O) groups is 2. The number of anilines is 1. The molecule has 1 amide bonds. The third-order valence-electron chi connectivity index (χ3n) is 5.56. The molecule has 28 heavy (non-hydrogen) atoms. The molecule has 2 aliphatic heterocycles. The Kier molecular flexibility index (Phi) is 8.93. The highest BCUT2D eigenvalue weighted by Crippen LogP contribution is 2.27. The van der Waals surface area contributed by atoms with E-state index in [1.807, 2.05) is 29.2 Å². The second kappa shape index (κ2) is 10.9. The fourth-order valence-corrected chi connectivity index (χ4v) is 4.13. The number of Topliss-reactive ketones (excluding diaryl/α,β-unsaturated/α-hetero) is 1. The first kappa shape index (κ1) is 22.9. The molecule has 2 heterocycles. The zero-order chi connectivity index (χ0) is 19.2. The summed E-state index contributed by atoms with van der Waals surface area (Å²) in [6.45, 7) is 12.2. The lowest BCUT2D eigenvalue weighted by Gasteiger charge is -2.35. The van der Waals surface area contributed by atoms with Crippen LogP contribution in [0.25, 0.3) is 0 Å². The molecular formula is C22H34ClN3O2. The average molecular weight is 408 g/mol. The van der Waals surface area contributed by atoms with E-state index >= 15 is 0 Å². The normalized spacial score (nSPS) is 18.8. The van der Waals surface area contributed by atoms with Crippen molar-refractivity contribution < 1.29 is 9.59 Å². The van der Waals surface area contributed by atoms with E-state index in [1.165, 1.54) is 6.54 Å². The van der Waals surface area contributed by atoms with Gasteiger partial charge in [-0.25, -0.2) is 0 Å². The highest BCUT2D eigenvalue weighted by atomic mass is 35.5. The molecule has 0 aliphatic carbocycles. The first-order valence-electron chi connectivity index (χ1n) is 10.4. The summed E-state index contributed by atoms with van der Waals surface area (Å²) in [6.07, 6.45) is 2.71. The van der Waals surface area contributed by atoms with Crippen LogP contribution in [-0.2, 0) is 4.79 Å². The molecule has 0 aromatic heterocycles. The van der Waals surface area contributed by atoms with Crippen molar-refractivity contribution in [3.8, 4) is 0 Å². The summed E-state index contributed by atoms with van der Waals surface area (Å²) >= 11 is 0. The van der Waals surface area contributed by atoms with Gasteiger partial charge in [0.15, 0.2) is 5.78 Å². The van der Waals surface area contributed by atoms with Crippen molar-refractivity contribution in [1.29, 1.82) is 0 Å². The van der Waals surface area contributed by atoms with Crippen molar-refractivity contribution in [2.45, 2.75) is 39.5 Å². The number of ketones is 1. The van der Waals surface area contributed by atoms with E-state index in [2.05, 4.69) is 23.6 Å². The summed E-state index contributed by atoms with van der Waals surface area (Å²) in [5.41, 5.74) is 1.50. The number of hydrogen-bond acceptors (Lipinski definition) is 4. The number of rotatable bonds is 7. The Bertz CT molecular complexity index is 657. The third-order valence-corrected chi connectivity index (χ3v) is 5.56. The molecule has 2 aliphatic rings. The van der Waals surface area contributed by atoms with E-state index in [0.717, 1.165) is 57.2 Å². The Labute approximate surface area is 175 Å². The number of nitrogens with zero attached hydrogens (tertiary/aromatic N) is 3.